The molecule has 2 aromatic rings. The molecule has 0 atom stereocenters. The van der Waals surface area contributed by atoms with Gasteiger partial charge in [-0.1, -0.05) is 24.3 Å². The van der Waals surface area contributed by atoms with E-state index in [0.29, 0.717) is 0 Å². The largest absolute Gasteiger partial charge is 0.308 e. The summed E-state index contributed by atoms with van der Waals surface area (Å²) in [5, 5.41) is 6.85. The van der Waals surface area contributed by atoms with Gasteiger partial charge >= 0.3 is 0 Å². The van der Waals surface area contributed by atoms with Crippen LogP contribution in [0.1, 0.15) is 21.8 Å². The molecule has 0 aliphatic heterocycles. The van der Waals surface area contributed by atoms with Crippen molar-refractivity contribution < 1.29 is 0 Å². The smallest absolute Gasteiger partial charge is 0.114 e. The van der Waals surface area contributed by atoms with Gasteiger partial charge in [-0.05, 0) is 37.9 Å². The first-order chi connectivity index (χ1) is 8.23. The second kappa shape index (κ2) is 3.93. The summed E-state index contributed by atoms with van der Waals surface area (Å²) < 4.78 is 0. The van der Waals surface area contributed by atoms with E-state index in [1.165, 1.54) is 16.1 Å². The number of nitrogens with zero attached hydrogens (tertiary/aromatic N) is 1. The number of rotatable bonds is 2. The average Bonchev–Trinajstić information content (AvgIpc) is 2.92. The highest BCUT2D eigenvalue weighted by atomic mass is 32.1. The highest BCUT2D eigenvalue weighted by Crippen LogP contribution is 2.38. The number of hydrogen-bond donors (Lipinski definition) is 1. The number of thiazole rings is 1. The van der Waals surface area contributed by atoms with Gasteiger partial charge in [0.2, 0.25) is 0 Å². The third-order valence-corrected chi connectivity index (χ3v) is 4.77. The summed E-state index contributed by atoms with van der Waals surface area (Å²) in [7, 11) is 2.04. The van der Waals surface area contributed by atoms with Crippen molar-refractivity contribution in [1.82, 2.24) is 10.3 Å². The van der Waals surface area contributed by atoms with E-state index in [1.807, 2.05) is 7.05 Å². The van der Waals surface area contributed by atoms with Crippen LogP contribution in [0.25, 0.3) is 0 Å². The van der Waals surface area contributed by atoms with Crippen molar-refractivity contribution >= 4 is 11.3 Å². The van der Waals surface area contributed by atoms with Crippen LogP contribution in [-0.4, -0.2) is 12.0 Å². The number of nitrogens with one attached hydrogen (secondary N) is 1. The molecule has 0 amide bonds. The van der Waals surface area contributed by atoms with Gasteiger partial charge in [0.15, 0.2) is 0 Å². The molecule has 1 aliphatic carbocycles. The molecule has 1 aromatic carbocycles. The molecule has 0 saturated heterocycles. The lowest BCUT2D eigenvalue weighted by molar-refractivity contribution is 0.379. The van der Waals surface area contributed by atoms with Gasteiger partial charge in [0, 0.05) is 11.1 Å². The van der Waals surface area contributed by atoms with E-state index in [1.54, 1.807) is 11.3 Å². The monoisotopic (exact) mass is 244 g/mol. The lowest BCUT2D eigenvalue weighted by Crippen LogP contribution is -2.40. The van der Waals surface area contributed by atoms with Gasteiger partial charge in [-0.2, -0.15) is 0 Å². The molecule has 1 N–H and O–H groups in total. The molecule has 0 radical (unpaired) electrons. The molecule has 1 aliphatic rings. The molecular formula is C14H16N2S. The van der Waals surface area contributed by atoms with Crippen molar-refractivity contribution in [2.24, 2.45) is 0 Å². The summed E-state index contributed by atoms with van der Waals surface area (Å²) in [5.74, 6) is 0. The van der Waals surface area contributed by atoms with Crippen LogP contribution in [0, 0.1) is 6.92 Å². The van der Waals surface area contributed by atoms with E-state index in [9.17, 15) is 0 Å². The van der Waals surface area contributed by atoms with Crippen LogP contribution in [0.2, 0.25) is 0 Å². The van der Waals surface area contributed by atoms with Crippen molar-refractivity contribution in [3.05, 3.63) is 51.5 Å². The molecule has 0 unspecified atom stereocenters. The maximum atomic E-state index is 4.67. The Morgan fingerprint density at radius 2 is 1.88 bits per heavy atom. The molecule has 3 rings (SSSR count). The minimum Gasteiger partial charge on any atom is -0.308 e. The third kappa shape index (κ3) is 1.70. The van der Waals surface area contributed by atoms with Gasteiger partial charge in [-0.25, -0.2) is 4.98 Å². The summed E-state index contributed by atoms with van der Waals surface area (Å²) >= 11 is 1.77. The van der Waals surface area contributed by atoms with Crippen LogP contribution in [0.3, 0.4) is 0 Å². The van der Waals surface area contributed by atoms with Crippen LogP contribution in [0.5, 0.6) is 0 Å². The molecular weight excluding hydrogens is 228 g/mol. The van der Waals surface area contributed by atoms with Crippen molar-refractivity contribution in [3.63, 3.8) is 0 Å². The summed E-state index contributed by atoms with van der Waals surface area (Å²) in [6, 6.07) is 8.71. The lowest BCUT2D eigenvalue weighted by atomic mass is 9.97. The summed E-state index contributed by atoms with van der Waals surface area (Å²) in [5.41, 5.74) is 4.04. The molecule has 0 spiro atoms. The van der Waals surface area contributed by atoms with Gasteiger partial charge in [0.25, 0.3) is 0 Å². The maximum absolute atomic E-state index is 4.67. The molecule has 17 heavy (non-hydrogen) atoms. The van der Waals surface area contributed by atoms with Gasteiger partial charge in [0.1, 0.15) is 5.01 Å². The second-order valence-electron chi connectivity index (χ2n) is 4.75. The Morgan fingerprint density at radius 3 is 2.35 bits per heavy atom. The van der Waals surface area contributed by atoms with E-state index >= 15 is 0 Å². The van der Waals surface area contributed by atoms with Crippen LogP contribution in [0.15, 0.2) is 29.6 Å². The predicted octanol–water partition coefficient (Wildman–Crippen LogP) is 2.67. The Kier molecular flexibility index (Phi) is 2.53. The SMILES string of the molecule is CNC1(c2nc(C)cs2)Cc2ccccc2C1. The van der Waals surface area contributed by atoms with Gasteiger partial charge in [0.05, 0.1) is 5.54 Å². The van der Waals surface area contributed by atoms with E-state index < -0.39 is 0 Å². The fourth-order valence-corrected chi connectivity index (χ4v) is 3.63. The van der Waals surface area contributed by atoms with Crippen molar-refractivity contribution in [1.29, 1.82) is 0 Å². The minimum absolute atomic E-state index is 0.0165. The lowest BCUT2D eigenvalue weighted by Gasteiger charge is -2.26. The first-order valence-corrected chi connectivity index (χ1v) is 6.80. The Hall–Kier alpha value is -1.19. The van der Waals surface area contributed by atoms with E-state index in [2.05, 4.69) is 46.9 Å². The molecule has 1 heterocycles. The highest BCUT2D eigenvalue weighted by Gasteiger charge is 2.39. The van der Waals surface area contributed by atoms with Crippen LogP contribution < -0.4 is 5.32 Å². The minimum atomic E-state index is 0.0165. The number of likely N-dealkylation sites (N-methyl/N-ethyl adjacent to an activating group) is 1. The van der Waals surface area contributed by atoms with Gasteiger partial charge < -0.3 is 5.32 Å². The Balaban J connectivity index is 2.03. The number of fused-ring (bicyclic) bond motifs is 1. The fourth-order valence-electron chi connectivity index (χ4n) is 2.62. The quantitative estimate of drug-likeness (QED) is 0.878. The summed E-state index contributed by atoms with van der Waals surface area (Å²) in [6.45, 7) is 2.06. The first-order valence-electron chi connectivity index (χ1n) is 5.92. The first kappa shape index (κ1) is 10.9. The third-order valence-electron chi connectivity index (χ3n) is 3.61. The molecule has 1 aromatic heterocycles. The summed E-state index contributed by atoms with van der Waals surface area (Å²) in [6.07, 6.45) is 2.10. The number of hydrogen-bond acceptors (Lipinski definition) is 3. The zero-order valence-corrected chi connectivity index (χ0v) is 11.0. The van der Waals surface area contributed by atoms with E-state index in [4.69, 9.17) is 0 Å². The molecule has 2 nitrogen and oxygen atoms in total. The Labute approximate surface area is 106 Å². The topological polar surface area (TPSA) is 24.9 Å². The van der Waals surface area contributed by atoms with Crippen molar-refractivity contribution in [2.75, 3.05) is 7.05 Å². The van der Waals surface area contributed by atoms with Crippen molar-refractivity contribution in [2.45, 2.75) is 25.3 Å². The van der Waals surface area contributed by atoms with Gasteiger partial charge in [-0.15, -0.1) is 11.3 Å². The van der Waals surface area contributed by atoms with Crippen molar-refractivity contribution in [3.8, 4) is 0 Å². The van der Waals surface area contributed by atoms with Gasteiger partial charge in [-0.3, -0.25) is 0 Å². The highest BCUT2D eigenvalue weighted by molar-refractivity contribution is 7.09. The molecule has 88 valence electrons. The standard InChI is InChI=1S/C14H16N2S/c1-10-9-17-13(16-10)14(15-2)7-11-5-3-4-6-12(11)8-14/h3-6,9,15H,7-8H2,1-2H3. The zero-order valence-electron chi connectivity index (χ0n) is 10.2. The van der Waals surface area contributed by atoms with E-state index in [0.717, 1.165) is 18.5 Å². The van der Waals surface area contributed by atoms with Crippen LogP contribution in [0.4, 0.5) is 0 Å². The molecule has 0 saturated carbocycles. The normalized spacial score (nSPS) is 17.1. The Morgan fingerprint density at radius 1 is 1.24 bits per heavy atom. The number of aryl methyl sites for hydroxylation is 1. The molecule has 3 heteroatoms. The van der Waals surface area contributed by atoms with E-state index in [-0.39, 0.29) is 5.54 Å². The number of aromatic nitrogens is 1. The number of benzene rings is 1. The molecule has 0 fully saturated rings. The molecule has 0 bridgehead atoms. The average molecular weight is 244 g/mol. The van der Waals surface area contributed by atoms with Crippen LogP contribution in [-0.2, 0) is 18.4 Å². The summed E-state index contributed by atoms with van der Waals surface area (Å²) in [4.78, 5) is 4.67. The van der Waals surface area contributed by atoms with Crippen LogP contribution >= 0.6 is 11.3 Å². The fraction of sp³-hybridized carbons (Fsp3) is 0.357. The maximum Gasteiger partial charge on any atom is 0.114 e. The predicted molar refractivity (Wildman–Crippen MR) is 71.4 cm³/mol. The second-order valence-corrected chi connectivity index (χ2v) is 5.61. The zero-order chi connectivity index (χ0) is 11.9. The Bertz CT molecular complexity index is 520.